The predicted octanol–water partition coefficient (Wildman–Crippen LogP) is 3.23. The maximum atomic E-state index is 11.4. The molecule has 1 rings (SSSR count). The summed E-state index contributed by atoms with van der Waals surface area (Å²) in [6.07, 6.45) is 2.27. The average molecular weight is 263 g/mol. The summed E-state index contributed by atoms with van der Waals surface area (Å²) in [6, 6.07) is 8.38. The smallest absolute Gasteiger partial charge is 0.306 e. The molecule has 1 aromatic carbocycles. The fourth-order valence-corrected chi connectivity index (χ4v) is 2.16. The number of rotatable bonds is 7. The van der Waals surface area contributed by atoms with Gasteiger partial charge in [0.05, 0.1) is 6.61 Å². The van der Waals surface area contributed by atoms with Crippen LogP contribution in [0.5, 0.6) is 0 Å². The first-order valence-corrected chi connectivity index (χ1v) is 7.06. The third-order valence-electron chi connectivity index (χ3n) is 3.29. The van der Waals surface area contributed by atoms with Crippen LogP contribution in [0.4, 0.5) is 0 Å². The molecule has 2 unspecified atom stereocenters. The van der Waals surface area contributed by atoms with Gasteiger partial charge in [-0.1, -0.05) is 38.1 Å². The van der Waals surface area contributed by atoms with Gasteiger partial charge in [-0.2, -0.15) is 0 Å². The monoisotopic (exact) mass is 263 g/mol. The standard InChI is InChI=1S/C16H25NO2/c1-4-13-6-8-14(9-7-13)15(17)10-12(3)11-16(18)19-5-2/h6-9,12,15H,4-5,10-11,17H2,1-3H3. The Bertz CT molecular complexity index is 386. The quantitative estimate of drug-likeness (QED) is 0.768. The van der Waals surface area contributed by atoms with Crippen molar-refractivity contribution >= 4 is 5.97 Å². The lowest BCUT2D eigenvalue weighted by atomic mass is 9.94. The second kappa shape index (κ2) is 7.95. The lowest BCUT2D eigenvalue weighted by molar-refractivity contribution is -0.144. The predicted molar refractivity (Wildman–Crippen MR) is 77.8 cm³/mol. The number of hydrogen-bond donors (Lipinski definition) is 1. The van der Waals surface area contributed by atoms with E-state index in [4.69, 9.17) is 10.5 Å². The summed E-state index contributed by atoms with van der Waals surface area (Å²) in [5, 5.41) is 0. The van der Waals surface area contributed by atoms with Gasteiger partial charge in [-0.05, 0) is 36.8 Å². The summed E-state index contributed by atoms with van der Waals surface area (Å²) in [5.41, 5.74) is 8.63. The molecule has 0 aliphatic rings. The van der Waals surface area contributed by atoms with E-state index in [1.165, 1.54) is 5.56 Å². The molecular weight excluding hydrogens is 238 g/mol. The van der Waals surface area contributed by atoms with Gasteiger partial charge in [0.15, 0.2) is 0 Å². The highest BCUT2D eigenvalue weighted by atomic mass is 16.5. The molecule has 0 aliphatic carbocycles. The van der Waals surface area contributed by atoms with E-state index in [9.17, 15) is 4.79 Å². The third kappa shape index (κ3) is 5.43. The summed E-state index contributed by atoms with van der Waals surface area (Å²) in [4.78, 5) is 11.4. The Morgan fingerprint density at radius 1 is 1.26 bits per heavy atom. The average Bonchev–Trinajstić information content (AvgIpc) is 2.38. The first-order valence-electron chi connectivity index (χ1n) is 7.06. The van der Waals surface area contributed by atoms with Crippen LogP contribution in [0.3, 0.4) is 0 Å². The maximum Gasteiger partial charge on any atom is 0.306 e. The molecule has 19 heavy (non-hydrogen) atoms. The van der Waals surface area contributed by atoms with Crippen LogP contribution in [0.1, 0.15) is 50.8 Å². The molecule has 2 N–H and O–H groups in total. The molecule has 0 saturated carbocycles. The minimum absolute atomic E-state index is 0.0182. The molecule has 0 heterocycles. The van der Waals surface area contributed by atoms with Gasteiger partial charge in [0.25, 0.3) is 0 Å². The highest BCUT2D eigenvalue weighted by Gasteiger charge is 2.15. The van der Waals surface area contributed by atoms with E-state index in [0.717, 1.165) is 18.4 Å². The molecule has 3 heteroatoms. The number of nitrogens with two attached hydrogens (primary N) is 1. The van der Waals surface area contributed by atoms with E-state index < -0.39 is 0 Å². The van der Waals surface area contributed by atoms with E-state index in [1.54, 1.807) is 0 Å². The molecule has 3 nitrogen and oxygen atoms in total. The molecule has 106 valence electrons. The number of benzene rings is 1. The van der Waals surface area contributed by atoms with Crippen molar-refractivity contribution in [2.75, 3.05) is 6.61 Å². The van der Waals surface area contributed by atoms with Crippen LogP contribution in [0.2, 0.25) is 0 Å². The Balaban J connectivity index is 2.48. The molecule has 0 saturated heterocycles. The fraction of sp³-hybridized carbons (Fsp3) is 0.562. The highest BCUT2D eigenvalue weighted by Crippen LogP contribution is 2.21. The van der Waals surface area contributed by atoms with E-state index in [2.05, 4.69) is 31.2 Å². The summed E-state index contributed by atoms with van der Waals surface area (Å²) in [6.45, 7) is 6.44. The summed E-state index contributed by atoms with van der Waals surface area (Å²) < 4.78 is 4.95. The van der Waals surface area contributed by atoms with E-state index in [1.807, 2.05) is 13.8 Å². The molecule has 0 amide bonds. The minimum Gasteiger partial charge on any atom is -0.466 e. The first-order chi connectivity index (χ1) is 9.06. The van der Waals surface area contributed by atoms with Crippen molar-refractivity contribution in [3.8, 4) is 0 Å². The van der Waals surface area contributed by atoms with Gasteiger partial charge in [-0.15, -0.1) is 0 Å². The van der Waals surface area contributed by atoms with Crippen LogP contribution in [0.15, 0.2) is 24.3 Å². The molecule has 0 radical (unpaired) electrons. The Morgan fingerprint density at radius 2 is 1.89 bits per heavy atom. The zero-order valence-electron chi connectivity index (χ0n) is 12.2. The van der Waals surface area contributed by atoms with Crippen LogP contribution in [-0.4, -0.2) is 12.6 Å². The molecule has 0 spiro atoms. The molecule has 0 bridgehead atoms. The van der Waals surface area contributed by atoms with Crippen LogP contribution in [0, 0.1) is 5.92 Å². The number of esters is 1. The minimum atomic E-state index is -0.136. The summed E-state index contributed by atoms with van der Waals surface area (Å²) >= 11 is 0. The van der Waals surface area contributed by atoms with Crippen molar-refractivity contribution in [1.82, 2.24) is 0 Å². The Labute approximate surface area is 116 Å². The van der Waals surface area contributed by atoms with E-state index in [-0.39, 0.29) is 17.9 Å². The van der Waals surface area contributed by atoms with Gasteiger partial charge in [-0.3, -0.25) is 4.79 Å². The third-order valence-corrected chi connectivity index (χ3v) is 3.29. The van der Waals surface area contributed by atoms with Crippen molar-refractivity contribution in [2.45, 2.75) is 46.1 Å². The van der Waals surface area contributed by atoms with Crippen LogP contribution in [0.25, 0.3) is 0 Å². The Morgan fingerprint density at radius 3 is 2.42 bits per heavy atom. The molecular formula is C16H25NO2. The number of carbonyl (C=O) groups excluding carboxylic acids is 1. The topological polar surface area (TPSA) is 52.3 Å². The second-order valence-electron chi connectivity index (χ2n) is 5.05. The van der Waals surface area contributed by atoms with E-state index in [0.29, 0.717) is 13.0 Å². The Kier molecular flexibility index (Phi) is 6.57. The normalized spacial score (nSPS) is 13.9. The van der Waals surface area contributed by atoms with Gasteiger partial charge >= 0.3 is 5.97 Å². The van der Waals surface area contributed by atoms with Crippen molar-refractivity contribution < 1.29 is 9.53 Å². The van der Waals surface area contributed by atoms with Crippen LogP contribution < -0.4 is 5.73 Å². The SMILES string of the molecule is CCOC(=O)CC(C)CC(N)c1ccc(CC)cc1. The summed E-state index contributed by atoms with van der Waals surface area (Å²) in [5.74, 6) is 0.100. The van der Waals surface area contributed by atoms with Crippen LogP contribution >= 0.6 is 0 Å². The summed E-state index contributed by atoms with van der Waals surface area (Å²) in [7, 11) is 0. The molecule has 0 fully saturated rings. The van der Waals surface area contributed by atoms with E-state index >= 15 is 0 Å². The lowest BCUT2D eigenvalue weighted by Crippen LogP contribution is -2.17. The number of ether oxygens (including phenoxy) is 1. The highest BCUT2D eigenvalue weighted by molar-refractivity contribution is 5.69. The molecule has 0 aromatic heterocycles. The number of carbonyl (C=O) groups is 1. The fourth-order valence-electron chi connectivity index (χ4n) is 2.16. The zero-order valence-corrected chi connectivity index (χ0v) is 12.2. The van der Waals surface area contributed by atoms with Crippen molar-refractivity contribution in [3.63, 3.8) is 0 Å². The van der Waals surface area contributed by atoms with Gasteiger partial charge in [0.2, 0.25) is 0 Å². The number of hydrogen-bond acceptors (Lipinski definition) is 3. The van der Waals surface area contributed by atoms with Gasteiger partial charge in [0.1, 0.15) is 0 Å². The lowest BCUT2D eigenvalue weighted by Gasteiger charge is -2.17. The number of aryl methyl sites for hydroxylation is 1. The maximum absolute atomic E-state index is 11.4. The van der Waals surface area contributed by atoms with Crippen LogP contribution in [-0.2, 0) is 16.0 Å². The molecule has 0 aliphatic heterocycles. The van der Waals surface area contributed by atoms with Gasteiger partial charge < -0.3 is 10.5 Å². The molecule has 1 aromatic rings. The van der Waals surface area contributed by atoms with Gasteiger partial charge in [-0.25, -0.2) is 0 Å². The Hall–Kier alpha value is -1.35. The van der Waals surface area contributed by atoms with Crippen molar-refractivity contribution in [1.29, 1.82) is 0 Å². The van der Waals surface area contributed by atoms with Gasteiger partial charge in [0, 0.05) is 12.5 Å². The molecule has 2 atom stereocenters. The first kappa shape index (κ1) is 15.7. The zero-order chi connectivity index (χ0) is 14.3. The largest absolute Gasteiger partial charge is 0.466 e. The van der Waals surface area contributed by atoms with Crippen molar-refractivity contribution in [3.05, 3.63) is 35.4 Å². The second-order valence-corrected chi connectivity index (χ2v) is 5.05. The van der Waals surface area contributed by atoms with Crippen molar-refractivity contribution in [2.24, 2.45) is 11.7 Å².